The highest BCUT2D eigenvalue weighted by Gasteiger charge is 2.23. The number of rotatable bonds is 4. The van der Waals surface area contributed by atoms with Crippen LogP contribution in [0.4, 0.5) is 0 Å². The Bertz CT molecular complexity index is 883. The average Bonchev–Trinajstić information content (AvgIpc) is 2.98. The molecule has 9 heteroatoms. The van der Waals surface area contributed by atoms with Gasteiger partial charge in [-0.15, -0.1) is 5.10 Å². The third-order valence-electron chi connectivity index (χ3n) is 4.14. The fourth-order valence-electron chi connectivity index (χ4n) is 2.84. The Kier molecular flexibility index (Phi) is 4.61. The first-order valence-electron chi connectivity index (χ1n) is 8.26. The highest BCUT2D eigenvalue weighted by Crippen LogP contribution is 2.23. The molecule has 1 unspecified atom stereocenters. The molecule has 0 aliphatic carbocycles. The molecule has 3 aromatic heterocycles. The molecule has 0 fully saturated rings. The molecule has 1 N–H and O–H groups in total. The summed E-state index contributed by atoms with van der Waals surface area (Å²) < 4.78 is 7.63. The van der Waals surface area contributed by atoms with Crippen LogP contribution in [-0.2, 0) is 17.9 Å². The van der Waals surface area contributed by atoms with E-state index in [1.165, 1.54) is 18.6 Å². The summed E-state index contributed by atoms with van der Waals surface area (Å²) in [5.41, 5.74) is 2.90. The van der Waals surface area contributed by atoms with Gasteiger partial charge < -0.3 is 10.1 Å². The van der Waals surface area contributed by atoms with E-state index in [1.54, 1.807) is 12.4 Å². The molecule has 0 radical (unpaired) electrons. The fraction of sp³-hybridized carbons (Fsp3) is 0.294. The zero-order valence-corrected chi connectivity index (χ0v) is 13.9. The van der Waals surface area contributed by atoms with Crippen LogP contribution in [0.5, 0.6) is 0 Å². The van der Waals surface area contributed by atoms with Gasteiger partial charge in [-0.3, -0.25) is 14.8 Å². The number of carbonyl (C=O) groups is 1. The minimum absolute atomic E-state index is 0.0836. The summed E-state index contributed by atoms with van der Waals surface area (Å²) in [5.74, 6) is -0.169. The van der Waals surface area contributed by atoms with Crippen LogP contribution in [0.1, 0.15) is 16.2 Å². The average molecular weight is 351 g/mol. The van der Waals surface area contributed by atoms with E-state index in [2.05, 4.69) is 30.6 Å². The van der Waals surface area contributed by atoms with Crippen molar-refractivity contribution in [3.8, 4) is 11.3 Å². The minimum atomic E-state index is -0.253. The molecular formula is C17H17N7O2. The van der Waals surface area contributed by atoms with Crippen molar-refractivity contribution in [3.05, 3.63) is 54.5 Å². The van der Waals surface area contributed by atoms with Crippen molar-refractivity contribution in [2.75, 3.05) is 13.2 Å². The first-order chi connectivity index (χ1) is 12.8. The second-order valence-electron chi connectivity index (χ2n) is 5.99. The maximum atomic E-state index is 12.1. The van der Waals surface area contributed by atoms with Crippen LogP contribution in [0, 0.1) is 5.92 Å². The lowest BCUT2D eigenvalue weighted by molar-refractivity contribution is 0.0849. The number of pyridine rings is 1. The van der Waals surface area contributed by atoms with Crippen molar-refractivity contribution in [1.29, 1.82) is 0 Å². The Morgan fingerprint density at radius 3 is 3.00 bits per heavy atom. The highest BCUT2D eigenvalue weighted by atomic mass is 16.5. The zero-order chi connectivity index (χ0) is 17.8. The van der Waals surface area contributed by atoms with Gasteiger partial charge in [0.25, 0.3) is 5.91 Å². The highest BCUT2D eigenvalue weighted by molar-refractivity contribution is 5.91. The second kappa shape index (κ2) is 7.36. The molecule has 1 amide bonds. The first-order valence-corrected chi connectivity index (χ1v) is 8.26. The molecule has 3 aromatic rings. The molecule has 132 valence electrons. The Morgan fingerprint density at radius 2 is 2.19 bits per heavy atom. The van der Waals surface area contributed by atoms with Crippen LogP contribution < -0.4 is 5.32 Å². The Balaban J connectivity index is 1.44. The number of fused-ring (bicyclic) bond motifs is 1. The van der Waals surface area contributed by atoms with E-state index in [1.807, 2.05) is 16.8 Å². The van der Waals surface area contributed by atoms with Gasteiger partial charge in [0.1, 0.15) is 11.4 Å². The molecule has 0 spiro atoms. The van der Waals surface area contributed by atoms with Gasteiger partial charge >= 0.3 is 0 Å². The predicted octanol–water partition coefficient (Wildman–Crippen LogP) is 0.706. The molecule has 4 heterocycles. The van der Waals surface area contributed by atoms with Gasteiger partial charge in [-0.25, -0.2) is 9.67 Å². The number of nitrogens with one attached hydrogen (secondary N) is 1. The fourth-order valence-corrected chi connectivity index (χ4v) is 2.84. The summed E-state index contributed by atoms with van der Waals surface area (Å²) in [6.07, 6.45) is 7.94. The van der Waals surface area contributed by atoms with Gasteiger partial charge in [-0.1, -0.05) is 5.21 Å². The zero-order valence-electron chi connectivity index (χ0n) is 13.9. The van der Waals surface area contributed by atoms with Crippen molar-refractivity contribution < 1.29 is 9.53 Å². The van der Waals surface area contributed by atoms with Gasteiger partial charge in [0.2, 0.25) is 0 Å². The largest absolute Gasteiger partial charge is 0.375 e. The molecule has 0 aromatic carbocycles. The number of amides is 1. The number of aromatic nitrogens is 6. The molecular weight excluding hydrogens is 334 g/mol. The molecule has 1 aliphatic heterocycles. The van der Waals surface area contributed by atoms with Gasteiger partial charge in [0.05, 0.1) is 25.1 Å². The van der Waals surface area contributed by atoms with Crippen molar-refractivity contribution in [2.24, 2.45) is 5.92 Å². The van der Waals surface area contributed by atoms with Gasteiger partial charge in [0.15, 0.2) is 0 Å². The monoisotopic (exact) mass is 351 g/mol. The van der Waals surface area contributed by atoms with Crippen LogP contribution in [0.25, 0.3) is 11.3 Å². The summed E-state index contributed by atoms with van der Waals surface area (Å²) in [4.78, 5) is 24.1. The van der Waals surface area contributed by atoms with Crippen molar-refractivity contribution >= 4 is 5.91 Å². The quantitative estimate of drug-likeness (QED) is 0.737. The van der Waals surface area contributed by atoms with Gasteiger partial charge in [0, 0.05) is 49.4 Å². The summed E-state index contributed by atoms with van der Waals surface area (Å²) in [7, 11) is 0. The van der Waals surface area contributed by atoms with E-state index in [0.717, 1.165) is 17.0 Å². The van der Waals surface area contributed by atoms with Crippen molar-refractivity contribution in [1.82, 2.24) is 35.3 Å². The van der Waals surface area contributed by atoms with Crippen LogP contribution in [0.2, 0.25) is 0 Å². The topological polar surface area (TPSA) is 108 Å². The standard InChI is InChI=1S/C17H17N7O2/c25-17(14-8-19-4-5-20-14)21-6-12-9-24-15(11-26-10-12)16(22-23-24)13-2-1-3-18-7-13/h1-5,7-8,12H,6,9-11H2,(H,21,25). The van der Waals surface area contributed by atoms with E-state index in [9.17, 15) is 4.79 Å². The molecule has 9 nitrogen and oxygen atoms in total. The van der Waals surface area contributed by atoms with Crippen LogP contribution in [0.3, 0.4) is 0 Å². The van der Waals surface area contributed by atoms with E-state index in [0.29, 0.717) is 32.0 Å². The van der Waals surface area contributed by atoms with E-state index < -0.39 is 0 Å². The van der Waals surface area contributed by atoms with E-state index in [4.69, 9.17) is 4.74 Å². The SMILES string of the molecule is O=C(NCC1COCc2c(-c3cccnc3)nnn2C1)c1cnccn1. The van der Waals surface area contributed by atoms with Gasteiger partial charge in [-0.05, 0) is 12.1 Å². The van der Waals surface area contributed by atoms with E-state index >= 15 is 0 Å². The van der Waals surface area contributed by atoms with Crippen LogP contribution >= 0.6 is 0 Å². The smallest absolute Gasteiger partial charge is 0.271 e. The summed E-state index contributed by atoms with van der Waals surface area (Å²) in [6.45, 7) is 2.02. The van der Waals surface area contributed by atoms with Crippen LogP contribution in [-0.4, -0.2) is 49.0 Å². The second-order valence-corrected chi connectivity index (χ2v) is 5.99. The van der Waals surface area contributed by atoms with Gasteiger partial charge in [-0.2, -0.15) is 0 Å². The summed E-state index contributed by atoms with van der Waals surface area (Å²) in [6, 6.07) is 3.81. The Labute approximate surface area is 149 Å². The van der Waals surface area contributed by atoms with Crippen molar-refractivity contribution in [2.45, 2.75) is 13.2 Å². The summed E-state index contributed by atoms with van der Waals surface area (Å²) in [5, 5.41) is 11.4. The molecule has 1 atom stereocenters. The number of carbonyl (C=O) groups excluding carboxylic acids is 1. The number of hydrogen-bond acceptors (Lipinski definition) is 7. The molecule has 4 rings (SSSR count). The lowest BCUT2D eigenvalue weighted by atomic mass is 10.1. The number of nitrogens with zero attached hydrogens (tertiary/aromatic N) is 6. The number of ether oxygens (including phenoxy) is 1. The lowest BCUT2D eigenvalue weighted by Crippen LogP contribution is -2.33. The normalized spacial score (nSPS) is 16.5. The predicted molar refractivity (Wildman–Crippen MR) is 90.8 cm³/mol. The first kappa shape index (κ1) is 16.3. The molecule has 0 saturated carbocycles. The summed E-state index contributed by atoms with van der Waals surface area (Å²) >= 11 is 0. The molecule has 0 saturated heterocycles. The third kappa shape index (κ3) is 3.42. The Hall–Kier alpha value is -3.20. The Morgan fingerprint density at radius 1 is 1.27 bits per heavy atom. The molecule has 1 aliphatic rings. The minimum Gasteiger partial charge on any atom is -0.375 e. The molecule has 26 heavy (non-hydrogen) atoms. The lowest BCUT2D eigenvalue weighted by Gasteiger charge is -2.14. The van der Waals surface area contributed by atoms with E-state index in [-0.39, 0.29) is 11.8 Å². The maximum absolute atomic E-state index is 12.1. The van der Waals surface area contributed by atoms with Crippen LogP contribution in [0.15, 0.2) is 43.1 Å². The third-order valence-corrected chi connectivity index (χ3v) is 4.14. The van der Waals surface area contributed by atoms with Crippen molar-refractivity contribution in [3.63, 3.8) is 0 Å². The number of hydrogen-bond donors (Lipinski definition) is 1. The maximum Gasteiger partial charge on any atom is 0.271 e. The molecule has 0 bridgehead atoms.